The molecule has 72 valence electrons. The van der Waals surface area contributed by atoms with Crippen LogP contribution >= 0.6 is 27.5 Å². The number of rotatable bonds is 1. The monoisotopic (exact) mass is 274 g/mol. The van der Waals surface area contributed by atoms with E-state index in [-0.39, 0.29) is 5.82 Å². The van der Waals surface area contributed by atoms with Gasteiger partial charge in [-0.25, -0.2) is 9.78 Å². The summed E-state index contributed by atoms with van der Waals surface area (Å²) in [6.07, 6.45) is 0. The van der Waals surface area contributed by atoms with Gasteiger partial charge in [-0.2, -0.15) is 0 Å². The molecule has 0 atom stereocenters. The highest BCUT2D eigenvalue weighted by molar-refractivity contribution is 9.10. The summed E-state index contributed by atoms with van der Waals surface area (Å²) < 4.78 is 0.690. The van der Waals surface area contributed by atoms with Gasteiger partial charge in [-0.1, -0.05) is 11.6 Å². The van der Waals surface area contributed by atoms with Gasteiger partial charge in [-0.15, -0.1) is 0 Å². The Morgan fingerprint density at radius 1 is 1.57 bits per heavy atom. The maximum absolute atomic E-state index is 10.6. The van der Waals surface area contributed by atoms with Gasteiger partial charge in [-0.3, -0.25) is 0 Å². The lowest BCUT2D eigenvalue weighted by Crippen LogP contribution is -1.97. The molecule has 0 aliphatic heterocycles. The summed E-state index contributed by atoms with van der Waals surface area (Å²) in [7, 11) is 0. The molecule has 1 aromatic heterocycles. The van der Waals surface area contributed by atoms with Crippen LogP contribution < -0.4 is 0 Å². The molecule has 0 amide bonds. The normalized spacial score (nSPS) is 10.7. The first-order valence-corrected chi connectivity index (χ1v) is 4.83. The van der Waals surface area contributed by atoms with E-state index in [1.807, 2.05) is 0 Å². The first kappa shape index (κ1) is 9.48. The van der Waals surface area contributed by atoms with E-state index in [2.05, 4.69) is 25.9 Å². The zero-order valence-electron chi connectivity index (χ0n) is 6.71. The molecule has 2 N–H and O–H groups in total. The number of aromatic nitrogens is 2. The number of H-pyrrole nitrogens is 1. The Bertz CT molecular complexity index is 523. The van der Waals surface area contributed by atoms with Crippen LogP contribution in [0.3, 0.4) is 0 Å². The van der Waals surface area contributed by atoms with E-state index in [4.69, 9.17) is 16.7 Å². The molecule has 1 aromatic carbocycles. The highest BCUT2D eigenvalue weighted by Crippen LogP contribution is 2.29. The number of benzene rings is 1. The number of hydrogen-bond acceptors (Lipinski definition) is 2. The second-order valence-corrected chi connectivity index (χ2v) is 3.88. The van der Waals surface area contributed by atoms with Gasteiger partial charge in [-0.05, 0) is 28.1 Å². The minimum atomic E-state index is -1.10. The summed E-state index contributed by atoms with van der Waals surface area (Å²) in [6.45, 7) is 0. The van der Waals surface area contributed by atoms with Gasteiger partial charge in [0.1, 0.15) is 5.52 Å². The number of carboxylic acids is 1. The maximum Gasteiger partial charge on any atom is 0.371 e. The number of halogens is 2. The summed E-state index contributed by atoms with van der Waals surface area (Å²) in [5.74, 6) is -1.21. The smallest absolute Gasteiger partial charge is 0.371 e. The summed E-state index contributed by atoms with van der Waals surface area (Å²) in [5, 5.41) is 9.11. The Morgan fingerprint density at radius 2 is 2.29 bits per heavy atom. The van der Waals surface area contributed by atoms with E-state index in [9.17, 15) is 4.79 Å². The summed E-state index contributed by atoms with van der Waals surface area (Å²) in [4.78, 5) is 17.1. The number of imidazole rings is 1. The number of aromatic amines is 1. The molecule has 0 saturated carbocycles. The van der Waals surface area contributed by atoms with Crippen molar-refractivity contribution in [1.29, 1.82) is 0 Å². The van der Waals surface area contributed by atoms with Crippen molar-refractivity contribution in [2.75, 3.05) is 0 Å². The lowest BCUT2D eigenvalue weighted by molar-refractivity contribution is 0.0685. The van der Waals surface area contributed by atoms with Crippen molar-refractivity contribution in [2.24, 2.45) is 0 Å². The largest absolute Gasteiger partial charge is 0.475 e. The molecule has 0 radical (unpaired) electrons. The second kappa shape index (κ2) is 3.25. The van der Waals surface area contributed by atoms with Gasteiger partial charge >= 0.3 is 5.97 Å². The van der Waals surface area contributed by atoms with Crippen LogP contribution in [-0.4, -0.2) is 21.0 Å². The average Bonchev–Trinajstić information content (AvgIpc) is 2.56. The summed E-state index contributed by atoms with van der Waals surface area (Å²) in [6, 6.07) is 3.44. The van der Waals surface area contributed by atoms with Gasteiger partial charge in [0.05, 0.1) is 10.5 Å². The molecule has 0 aliphatic rings. The first-order chi connectivity index (χ1) is 6.59. The van der Waals surface area contributed by atoms with Crippen molar-refractivity contribution in [1.82, 2.24) is 9.97 Å². The highest BCUT2D eigenvalue weighted by Gasteiger charge is 2.12. The Hall–Kier alpha value is -1.07. The third kappa shape index (κ3) is 1.38. The van der Waals surface area contributed by atoms with E-state index >= 15 is 0 Å². The molecule has 0 spiro atoms. The zero-order chi connectivity index (χ0) is 10.3. The number of nitrogens with one attached hydrogen (secondary N) is 1. The highest BCUT2D eigenvalue weighted by atomic mass is 79.9. The van der Waals surface area contributed by atoms with Crippen LogP contribution in [0.4, 0.5) is 0 Å². The fourth-order valence-electron chi connectivity index (χ4n) is 1.12. The fourth-order valence-corrected chi connectivity index (χ4v) is 1.65. The van der Waals surface area contributed by atoms with Crippen molar-refractivity contribution in [3.8, 4) is 0 Å². The molecule has 0 bridgehead atoms. The van der Waals surface area contributed by atoms with Crippen LogP contribution in [0.25, 0.3) is 11.0 Å². The fraction of sp³-hybridized carbons (Fsp3) is 0. The molecule has 0 saturated heterocycles. The number of aromatic carboxylic acids is 1. The van der Waals surface area contributed by atoms with Crippen molar-refractivity contribution in [2.45, 2.75) is 0 Å². The van der Waals surface area contributed by atoms with Crippen molar-refractivity contribution < 1.29 is 9.90 Å². The predicted molar refractivity (Wildman–Crippen MR) is 55.8 cm³/mol. The molecule has 0 unspecified atom stereocenters. The van der Waals surface area contributed by atoms with Crippen LogP contribution in [0.2, 0.25) is 5.02 Å². The number of hydrogen-bond donors (Lipinski definition) is 2. The van der Waals surface area contributed by atoms with Gasteiger partial charge in [0.2, 0.25) is 5.82 Å². The molecule has 0 fully saturated rings. The lowest BCUT2D eigenvalue weighted by Gasteiger charge is -1.94. The molecular formula is C8H4BrClN2O2. The molecule has 0 aliphatic carbocycles. The third-order valence-electron chi connectivity index (χ3n) is 1.75. The molecule has 2 rings (SSSR count). The van der Waals surface area contributed by atoms with E-state index in [1.165, 1.54) is 0 Å². The van der Waals surface area contributed by atoms with E-state index in [0.29, 0.717) is 20.5 Å². The minimum Gasteiger partial charge on any atom is -0.475 e. The van der Waals surface area contributed by atoms with Crippen LogP contribution in [0.5, 0.6) is 0 Å². The van der Waals surface area contributed by atoms with Gasteiger partial charge in [0.15, 0.2) is 0 Å². The van der Waals surface area contributed by atoms with Crippen molar-refractivity contribution in [3.63, 3.8) is 0 Å². The Morgan fingerprint density at radius 3 is 2.93 bits per heavy atom. The minimum absolute atomic E-state index is 0.111. The quantitative estimate of drug-likeness (QED) is 0.841. The van der Waals surface area contributed by atoms with E-state index < -0.39 is 5.97 Å². The summed E-state index contributed by atoms with van der Waals surface area (Å²) in [5.41, 5.74) is 1.06. The predicted octanol–water partition coefficient (Wildman–Crippen LogP) is 2.68. The van der Waals surface area contributed by atoms with Crippen molar-refractivity contribution >= 4 is 44.5 Å². The number of nitrogens with zero attached hydrogens (tertiary/aromatic N) is 1. The van der Waals surface area contributed by atoms with E-state index in [1.54, 1.807) is 12.1 Å². The first-order valence-electron chi connectivity index (χ1n) is 3.66. The van der Waals surface area contributed by atoms with Crippen LogP contribution in [0, 0.1) is 0 Å². The molecule has 4 nitrogen and oxygen atoms in total. The molecule has 1 heterocycles. The Balaban J connectivity index is 2.77. The van der Waals surface area contributed by atoms with Gasteiger partial charge in [0, 0.05) is 4.47 Å². The SMILES string of the molecule is O=C(O)c1nc2c(Cl)c(Br)ccc2[nH]1. The lowest BCUT2D eigenvalue weighted by atomic mass is 10.3. The maximum atomic E-state index is 10.6. The van der Waals surface area contributed by atoms with Crippen LogP contribution in [0.15, 0.2) is 16.6 Å². The van der Waals surface area contributed by atoms with Gasteiger partial charge < -0.3 is 10.1 Å². The van der Waals surface area contributed by atoms with Gasteiger partial charge in [0.25, 0.3) is 0 Å². The average molecular weight is 275 g/mol. The van der Waals surface area contributed by atoms with Crippen molar-refractivity contribution in [3.05, 3.63) is 27.5 Å². The number of fused-ring (bicyclic) bond motifs is 1. The van der Waals surface area contributed by atoms with Crippen LogP contribution in [0.1, 0.15) is 10.6 Å². The molecular weight excluding hydrogens is 271 g/mol. The second-order valence-electron chi connectivity index (χ2n) is 2.65. The van der Waals surface area contributed by atoms with Crippen LogP contribution in [-0.2, 0) is 0 Å². The molecule has 6 heteroatoms. The Kier molecular flexibility index (Phi) is 2.20. The zero-order valence-corrected chi connectivity index (χ0v) is 9.06. The van der Waals surface area contributed by atoms with E-state index in [0.717, 1.165) is 0 Å². The standard InChI is InChI=1S/C8H4BrClN2O2/c9-3-1-2-4-6(5(3)10)12-7(11-4)8(13)14/h1-2H,(H,11,12)(H,13,14). The molecule has 2 aromatic rings. The third-order valence-corrected chi connectivity index (χ3v) is 3.02. The molecule has 14 heavy (non-hydrogen) atoms. The summed E-state index contributed by atoms with van der Waals surface area (Å²) >= 11 is 9.15. The topological polar surface area (TPSA) is 66.0 Å². The number of carboxylic acid groups (broad SMARTS) is 1. The number of carbonyl (C=O) groups is 1. The Labute approximate surface area is 92.0 Å².